The molecule has 114 valence electrons. The summed E-state index contributed by atoms with van der Waals surface area (Å²) in [6, 6.07) is -1.91. The molecule has 0 radical (unpaired) electrons. The fourth-order valence-electron chi connectivity index (χ4n) is 1.78. The average molecular weight is 305 g/mol. The molecule has 3 unspecified atom stereocenters. The molecule has 3 amide bonds. The van der Waals surface area contributed by atoms with Gasteiger partial charge in [0.05, 0.1) is 0 Å². The van der Waals surface area contributed by atoms with Gasteiger partial charge in [0.1, 0.15) is 12.6 Å². The van der Waals surface area contributed by atoms with Gasteiger partial charge < -0.3 is 15.7 Å². The Labute approximate surface area is 119 Å². The van der Waals surface area contributed by atoms with Crippen LogP contribution in [0.5, 0.6) is 0 Å². The summed E-state index contributed by atoms with van der Waals surface area (Å²) in [7, 11) is -0.949. The topological polar surface area (TPSA) is 116 Å². The van der Waals surface area contributed by atoms with Crippen molar-refractivity contribution in [1.82, 2.24) is 15.5 Å². The van der Waals surface area contributed by atoms with Crippen molar-refractivity contribution in [2.75, 3.05) is 25.1 Å². The monoisotopic (exact) mass is 305 g/mol. The molecule has 0 bridgehead atoms. The molecule has 1 saturated heterocycles. The van der Waals surface area contributed by atoms with Gasteiger partial charge in [0.15, 0.2) is 0 Å². The van der Waals surface area contributed by atoms with Crippen LogP contribution in [0.1, 0.15) is 13.3 Å². The smallest absolute Gasteiger partial charge is 0.328 e. The fourth-order valence-corrected chi connectivity index (χ4v) is 2.47. The van der Waals surface area contributed by atoms with Crippen LogP contribution < -0.4 is 10.6 Å². The first kappa shape index (κ1) is 16.4. The quantitative estimate of drug-likeness (QED) is 0.586. The molecular formula is C11H19N3O5S. The number of piperazine rings is 1. The molecule has 0 spiro atoms. The molecule has 0 aromatic rings. The largest absolute Gasteiger partial charge is 0.480 e. The highest BCUT2D eigenvalue weighted by Gasteiger charge is 2.35. The summed E-state index contributed by atoms with van der Waals surface area (Å²) in [5, 5.41) is 14.1. The molecule has 20 heavy (non-hydrogen) atoms. The van der Waals surface area contributed by atoms with E-state index in [0.717, 1.165) is 4.90 Å². The van der Waals surface area contributed by atoms with Crippen molar-refractivity contribution in [3.05, 3.63) is 0 Å². The fraction of sp³-hybridized carbons (Fsp3) is 0.727. The maximum absolute atomic E-state index is 12.0. The van der Waals surface area contributed by atoms with E-state index in [0.29, 0.717) is 12.2 Å². The molecule has 1 rings (SSSR count). The van der Waals surface area contributed by atoms with Crippen molar-refractivity contribution in [2.45, 2.75) is 25.4 Å². The van der Waals surface area contributed by atoms with Gasteiger partial charge in [-0.3, -0.25) is 13.9 Å². The molecule has 3 N–H and O–H groups in total. The Bertz CT molecular complexity index is 428. The normalized spacial score (nSPS) is 21.8. The zero-order valence-electron chi connectivity index (χ0n) is 11.4. The number of carbonyl (C=O) groups excluding carboxylic acids is 2. The Balaban J connectivity index is 2.60. The van der Waals surface area contributed by atoms with Gasteiger partial charge in [0.2, 0.25) is 5.91 Å². The molecule has 0 aliphatic carbocycles. The highest BCUT2D eigenvalue weighted by molar-refractivity contribution is 7.84. The summed E-state index contributed by atoms with van der Waals surface area (Å²) in [6.07, 6.45) is 2.09. The van der Waals surface area contributed by atoms with E-state index >= 15 is 0 Å². The Kier molecular flexibility index (Phi) is 5.93. The molecule has 1 heterocycles. The molecule has 0 saturated carbocycles. The molecule has 3 atom stereocenters. The van der Waals surface area contributed by atoms with Crippen LogP contribution in [-0.4, -0.2) is 69.3 Å². The van der Waals surface area contributed by atoms with Crippen molar-refractivity contribution >= 4 is 28.7 Å². The molecule has 1 fully saturated rings. The lowest BCUT2D eigenvalue weighted by Gasteiger charge is -2.33. The van der Waals surface area contributed by atoms with Gasteiger partial charge in [-0.1, -0.05) is 0 Å². The molecule has 9 heteroatoms. The maximum atomic E-state index is 12.0. The highest BCUT2D eigenvalue weighted by atomic mass is 32.2. The van der Waals surface area contributed by atoms with Crippen LogP contribution in [0.4, 0.5) is 4.79 Å². The predicted octanol–water partition coefficient (Wildman–Crippen LogP) is -1.26. The number of nitrogens with one attached hydrogen (secondary N) is 2. The van der Waals surface area contributed by atoms with Crippen molar-refractivity contribution in [2.24, 2.45) is 0 Å². The number of hydrogen-bond acceptors (Lipinski definition) is 4. The van der Waals surface area contributed by atoms with Crippen LogP contribution in [-0.2, 0) is 20.4 Å². The standard InChI is InChI=1S/C11H19N3O5S/c1-7(3-4-20(2)19)13-11(18)14-6-9(15)12-5-8(14)10(16)17/h7-8H,3-6H2,1-2H3,(H,12,15)(H,13,18)(H,16,17). The molecule has 1 aliphatic rings. The number of carboxylic acids is 1. The van der Waals surface area contributed by atoms with E-state index < -0.39 is 28.8 Å². The zero-order chi connectivity index (χ0) is 15.3. The summed E-state index contributed by atoms with van der Waals surface area (Å²) < 4.78 is 11.0. The van der Waals surface area contributed by atoms with Crippen LogP contribution in [0.15, 0.2) is 0 Å². The van der Waals surface area contributed by atoms with E-state index in [1.807, 2.05) is 0 Å². The first-order valence-electron chi connectivity index (χ1n) is 6.18. The zero-order valence-corrected chi connectivity index (χ0v) is 12.2. The Morgan fingerprint density at radius 1 is 1.60 bits per heavy atom. The van der Waals surface area contributed by atoms with Crippen LogP contribution >= 0.6 is 0 Å². The Morgan fingerprint density at radius 3 is 2.80 bits per heavy atom. The van der Waals surface area contributed by atoms with Crippen molar-refractivity contribution in [1.29, 1.82) is 0 Å². The van der Waals surface area contributed by atoms with Gasteiger partial charge in [-0.2, -0.15) is 0 Å². The second-order valence-electron chi connectivity index (χ2n) is 4.70. The Morgan fingerprint density at radius 2 is 2.25 bits per heavy atom. The third-order valence-electron chi connectivity index (χ3n) is 2.94. The van der Waals surface area contributed by atoms with Gasteiger partial charge in [0, 0.05) is 35.4 Å². The second-order valence-corrected chi connectivity index (χ2v) is 6.26. The highest BCUT2D eigenvalue weighted by Crippen LogP contribution is 2.06. The van der Waals surface area contributed by atoms with Crippen LogP contribution in [0, 0.1) is 0 Å². The third kappa shape index (κ3) is 4.80. The minimum Gasteiger partial charge on any atom is -0.480 e. The number of amides is 3. The van der Waals surface area contributed by atoms with Crippen LogP contribution in [0.2, 0.25) is 0 Å². The Hall–Kier alpha value is -1.64. The van der Waals surface area contributed by atoms with E-state index in [2.05, 4.69) is 10.6 Å². The SMILES string of the molecule is CC(CCS(C)=O)NC(=O)N1CC(=O)NCC1C(=O)O. The number of hydrogen-bond donors (Lipinski definition) is 3. The lowest BCUT2D eigenvalue weighted by molar-refractivity contribution is -0.144. The molecule has 1 aliphatic heterocycles. The number of aliphatic carboxylic acids is 1. The van der Waals surface area contributed by atoms with E-state index in [1.165, 1.54) is 0 Å². The number of rotatable bonds is 5. The first-order valence-corrected chi connectivity index (χ1v) is 7.90. The third-order valence-corrected chi connectivity index (χ3v) is 3.75. The predicted molar refractivity (Wildman–Crippen MR) is 72.7 cm³/mol. The van der Waals surface area contributed by atoms with Gasteiger partial charge in [-0.15, -0.1) is 0 Å². The lowest BCUT2D eigenvalue weighted by atomic mass is 10.2. The molecule has 0 aromatic heterocycles. The molecular weight excluding hydrogens is 286 g/mol. The summed E-state index contributed by atoms with van der Waals surface area (Å²) >= 11 is 0. The summed E-state index contributed by atoms with van der Waals surface area (Å²) in [5.41, 5.74) is 0. The van der Waals surface area contributed by atoms with Crippen LogP contribution in [0.3, 0.4) is 0 Å². The second kappa shape index (κ2) is 7.22. The maximum Gasteiger partial charge on any atom is 0.328 e. The van der Waals surface area contributed by atoms with E-state index in [4.69, 9.17) is 5.11 Å². The van der Waals surface area contributed by atoms with Gasteiger partial charge in [-0.25, -0.2) is 9.59 Å². The summed E-state index contributed by atoms with van der Waals surface area (Å²) in [4.78, 5) is 35.4. The van der Waals surface area contributed by atoms with E-state index in [-0.39, 0.29) is 25.0 Å². The molecule has 0 aromatic carbocycles. The number of carboxylic acid groups (broad SMARTS) is 1. The van der Waals surface area contributed by atoms with Crippen molar-refractivity contribution < 1.29 is 23.7 Å². The summed E-state index contributed by atoms with van der Waals surface area (Å²) in [6.45, 7) is 1.36. The van der Waals surface area contributed by atoms with E-state index in [1.54, 1.807) is 13.2 Å². The van der Waals surface area contributed by atoms with Crippen LogP contribution in [0.25, 0.3) is 0 Å². The average Bonchev–Trinajstić information content (AvgIpc) is 2.35. The van der Waals surface area contributed by atoms with Crippen molar-refractivity contribution in [3.63, 3.8) is 0 Å². The number of urea groups is 1. The van der Waals surface area contributed by atoms with Gasteiger partial charge in [0.25, 0.3) is 0 Å². The minimum absolute atomic E-state index is 0.102. The first-order chi connectivity index (χ1) is 9.31. The summed E-state index contributed by atoms with van der Waals surface area (Å²) in [5.74, 6) is -1.10. The minimum atomic E-state index is -1.16. The lowest BCUT2D eigenvalue weighted by Crippen LogP contribution is -2.62. The van der Waals surface area contributed by atoms with Gasteiger partial charge in [-0.05, 0) is 13.3 Å². The van der Waals surface area contributed by atoms with Gasteiger partial charge >= 0.3 is 12.0 Å². The van der Waals surface area contributed by atoms with E-state index in [9.17, 15) is 18.6 Å². The van der Waals surface area contributed by atoms with Crippen molar-refractivity contribution in [3.8, 4) is 0 Å². The number of nitrogens with zero attached hydrogens (tertiary/aromatic N) is 1. The number of carbonyl (C=O) groups is 3. The molecule has 8 nitrogen and oxygen atoms in total.